The summed E-state index contributed by atoms with van der Waals surface area (Å²) in [6, 6.07) is 7.90. The van der Waals surface area contributed by atoms with Crippen molar-refractivity contribution in [2.75, 3.05) is 13.7 Å². The lowest BCUT2D eigenvalue weighted by molar-refractivity contribution is -0.121. The van der Waals surface area contributed by atoms with Gasteiger partial charge in [-0.1, -0.05) is 51.2 Å². The molecule has 1 aromatic carbocycles. The molecular weight excluding hydrogens is 262 g/mol. The predicted octanol–water partition coefficient (Wildman–Crippen LogP) is 4.10. The van der Waals surface area contributed by atoms with Gasteiger partial charge in [0.2, 0.25) is 5.91 Å². The summed E-state index contributed by atoms with van der Waals surface area (Å²) >= 11 is 0. The number of benzene rings is 1. The van der Waals surface area contributed by atoms with Crippen LogP contribution in [0.2, 0.25) is 0 Å². The third kappa shape index (κ3) is 8.38. The molecule has 0 saturated heterocycles. The van der Waals surface area contributed by atoms with Crippen LogP contribution in [0.3, 0.4) is 0 Å². The van der Waals surface area contributed by atoms with Gasteiger partial charge in [0.25, 0.3) is 0 Å². The molecule has 3 nitrogen and oxygen atoms in total. The number of unbranched alkanes of at least 4 members (excludes halogenated alkanes) is 5. The maximum Gasteiger partial charge on any atom is 0.220 e. The summed E-state index contributed by atoms with van der Waals surface area (Å²) in [4.78, 5) is 11.7. The standard InChI is InChI=1S/C18H29NO2/c1-3-4-5-6-7-8-15-19-18(20)14-11-16-9-12-17(21-2)13-10-16/h9-10,12-13H,3-8,11,14-15H2,1-2H3,(H,19,20). The van der Waals surface area contributed by atoms with E-state index < -0.39 is 0 Å². The molecule has 0 heterocycles. The van der Waals surface area contributed by atoms with Gasteiger partial charge in [-0.2, -0.15) is 0 Å². The highest BCUT2D eigenvalue weighted by molar-refractivity contribution is 5.76. The Balaban J connectivity index is 2.05. The Morgan fingerprint density at radius 2 is 1.71 bits per heavy atom. The molecule has 118 valence electrons. The van der Waals surface area contributed by atoms with E-state index in [1.165, 1.54) is 37.7 Å². The highest BCUT2D eigenvalue weighted by Crippen LogP contribution is 2.12. The Hall–Kier alpha value is -1.51. The SMILES string of the molecule is CCCCCCCCNC(=O)CCc1ccc(OC)cc1. The molecule has 21 heavy (non-hydrogen) atoms. The molecular formula is C18H29NO2. The fourth-order valence-electron chi connectivity index (χ4n) is 2.27. The first-order chi connectivity index (χ1) is 10.3. The van der Waals surface area contributed by atoms with Crippen LogP contribution in [0.1, 0.15) is 57.4 Å². The lowest BCUT2D eigenvalue weighted by Crippen LogP contribution is -2.24. The number of hydrogen-bond donors (Lipinski definition) is 1. The summed E-state index contributed by atoms with van der Waals surface area (Å²) in [6.07, 6.45) is 8.87. The quantitative estimate of drug-likeness (QED) is 0.623. The topological polar surface area (TPSA) is 38.3 Å². The van der Waals surface area contributed by atoms with E-state index in [-0.39, 0.29) is 5.91 Å². The van der Waals surface area contributed by atoms with Crippen LogP contribution in [-0.4, -0.2) is 19.6 Å². The maximum atomic E-state index is 11.7. The van der Waals surface area contributed by atoms with Crippen molar-refractivity contribution in [3.05, 3.63) is 29.8 Å². The van der Waals surface area contributed by atoms with Gasteiger partial charge < -0.3 is 10.1 Å². The fraction of sp³-hybridized carbons (Fsp3) is 0.611. The number of ether oxygens (including phenoxy) is 1. The van der Waals surface area contributed by atoms with Crippen LogP contribution in [0, 0.1) is 0 Å². The molecule has 0 unspecified atom stereocenters. The lowest BCUT2D eigenvalue weighted by Gasteiger charge is -2.06. The van der Waals surface area contributed by atoms with Crippen LogP contribution in [-0.2, 0) is 11.2 Å². The zero-order valence-corrected chi connectivity index (χ0v) is 13.5. The number of carbonyl (C=O) groups is 1. The zero-order chi connectivity index (χ0) is 15.3. The lowest BCUT2D eigenvalue weighted by atomic mass is 10.1. The van der Waals surface area contributed by atoms with E-state index in [1.54, 1.807) is 7.11 Å². The van der Waals surface area contributed by atoms with Gasteiger partial charge in [0.15, 0.2) is 0 Å². The Morgan fingerprint density at radius 1 is 1.05 bits per heavy atom. The number of nitrogens with one attached hydrogen (secondary N) is 1. The molecule has 0 saturated carbocycles. The normalized spacial score (nSPS) is 10.4. The van der Waals surface area contributed by atoms with Crippen LogP contribution < -0.4 is 10.1 Å². The van der Waals surface area contributed by atoms with Crippen LogP contribution in [0.5, 0.6) is 5.75 Å². The molecule has 1 N–H and O–H groups in total. The number of carbonyl (C=O) groups excluding carboxylic acids is 1. The van der Waals surface area contributed by atoms with E-state index in [1.807, 2.05) is 24.3 Å². The van der Waals surface area contributed by atoms with Crippen molar-refractivity contribution in [3.63, 3.8) is 0 Å². The van der Waals surface area contributed by atoms with E-state index in [0.717, 1.165) is 25.1 Å². The molecule has 0 aliphatic carbocycles. The van der Waals surface area contributed by atoms with E-state index >= 15 is 0 Å². The van der Waals surface area contributed by atoms with Crippen molar-refractivity contribution in [1.29, 1.82) is 0 Å². The average molecular weight is 291 g/mol. The van der Waals surface area contributed by atoms with Gasteiger partial charge in [0, 0.05) is 13.0 Å². The van der Waals surface area contributed by atoms with Crippen LogP contribution >= 0.6 is 0 Å². The summed E-state index contributed by atoms with van der Waals surface area (Å²) in [7, 11) is 1.66. The molecule has 0 aliphatic rings. The second kappa shape index (κ2) is 11.2. The van der Waals surface area contributed by atoms with E-state index in [4.69, 9.17) is 4.74 Å². The van der Waals surface area contributed by atoms with Crippen molar-refractivity contribution < 1.29 is 9.53 Å². The first-order valence-corrected chi connectivity index (χ1v) is 8.16. The first kappa shape index (κ1) is 17.5. The van der Waals surface area contributed by atoms with Gasteiger partial charge in [-0.05, 0) is 30.5 Å². The minimum Gasteiger partial charge on any atom is -0.497 e. The Labute approximate surface area is 129 Å². The van der Waals surface area contributed by atoms with Crippen molar-refractivity contribution >= 4 is 5.91 Å². The maximum absolute atomic E-state index is 11.7. The minimum absolute atomic E-state index is 0.152. The molecule has 1 rings (SSSR count). The Bertz CT molecular complexity index is 387. The number of hydrogen-bond acceptors (Lipinski definition) is 2. The van der Waals surface area contributed by atoms with Crippen molar-refractivity contribution in [2.45, 2.75) is 58.3 Å². The van der Waals surface area contributed by atoms with Crippen molar-refractivity contribution in [2.24, 2.45) is 0 Å². The number of rotatable bonds is 11. The summed E-state index contributed by atoms with van der Waals surface area (Å²) < 4.78 is 5.12. The molecule has 3 heteroatoms. The fourth-order valence-corrected chi connectivity index (χ4v) is 2.27. The summed E-state index contributed by atoms with van der Waals surface area (Å²) in [5.74, 6) is 1.01. The van der Waals surface area contributed by atoms with Crippen molar-refractivity contribution in [1.82, 2.24) is 5.32 Å². The molecule has 0 fully saturated rings. The molecule has 1 aromatic rings. The van der Waals surface area contributed by atoms with Gasteiger partial charge >= 0.3 is 0 Å². The zero-order valence-electron chi connectivity index (χ0n) is 13.5. The first-order valence-electron chi connectivity index (χ1n) is 8.16. The van der Waals surface area contributed by atoms with Gasteiger partial charge in [-0.3, -0.25) is 4.79 Å². The average Bonchev–Trinajstić information content (AvgIpc) is 2.52. The monoisotopic (exact) mass is 291 g/mol. The molecule has 0 bridgehead atoms. The third-order valence-electron chi connectivity index (χ3n) is 3.65. The van der Waals surface area contributed by atoms with E-state index in [9.17, 15) is 4.79 Å². The minimum atomic E-state index is 0.152. The predicted molar refractivity (Wildman–Crippen MR) is 87.7 cm³/mol. The number of amides is 1. The largest absolute Gasteiger partial charge is 0.497 e. The smallest absolute Gasteiger partial charge is 0.220 e. The van der Waals surface area contributed by atoms with Gasteiger partial charge in [-0.25, -0.2) is 0 Å². The summed E-state index contributed by atoms with van der Waals surface area (Å²) in [5, 5.41) is 3.00. The van der Waals surface area contributed by atoms with E-state index in [2.05, 4.69) is 12.2 Å². The van der Waals surface area contributed by atoms with Crippen LogP contribution in [0.25, 0.3) is 0 Å². The Kier molecular flexibility index (Phi) is 9.34. The molecule has 1 amide bonds. The molecule has 0 spiro atoms. The van der Waals surface area contributed by atoms with Crippen LogP contribution in [0.15, 0.2) is 24.3 Å². The van der Waals surface area contributed by atoms with Gasteiger partial charge in [0.1, 0.15) is 5.75 Å². The second-order valence-electron chi connectivity index (χ2n) is 5.47. The molecule has 0 atom stereocenters. The van der Waals surface area contributed by atoms with Gasteiger partial charge in [-0.15, -0.1) is 0 Å². The number of methoxy groups -OCH3 is 1. The van der Waals surface area contributed by atoms with Gasteiger partial charge in [0.05, 0.1) is 7.11 Å². The highest BCUT2D eigenvalue weighted by atomic mass is 16.5. The highest BCUT2D eigenvalue weighted by Gasteiger charge is 2.02. The summed E-state index contributed by atoms with van der Waals surface area (Å²) in [6.45, 7) is 3.04. The van der Waals surface area contributed by atoms with E-state index in [0.29, 0.717) is 6.42 Å². The molecule has 0 aliphatic heterocycles. The number of aryl methyl sites for hydroxylation is 1. The van der Waals surface area contributed by atoms with Crippen LogP contribution in [0.4, 0.5) is 0 Å². The second-order valence-corrected chi connectivity index (χ2v) is 5.47. The van der Waals surface area contributed by atoms with Crippen molar-refractivity contribution in [3.8, 4) is 5.75 Å². The molecule has 0 radical (unpaired) electrons. The molecule has 0 aromatic heterocycles. The Morgan fingerprint density at radius 3 is 2.38 bits per heavy atom. The summed E-state index contributed by atoms with van der Waals surface area (Å²) in [5.41, 5.74) is 1.17. The third-order valence-corrected chi connectivity index (χ3v) is 3.65.